The normalized spacial score (nSPS) is 17.1. The summed E-state index contributed by atoms with van der Waals surface area (Å²) in [6.45, 7) is 1.43. The minimum absolute atomic E-state index is 0.116. The molecular weight excluding hydrogens is 228 g/mol. The Morgan fingerprint density at radius 2 is 2.28 bits per heavy atom. The fraction of sp³-hybridized carbons (Fsp3) is 0.500. The second kappa shape index (κ2) is 5.87. The van der Waals surface area contributed by atoms with E-state index >= 15 is 0 Å². The van der Waals surface area contributed by atoms with E-state index < -0.39 is 0 Å². The highest BCUT2D eigenvalue weighted by atomic mass is 16.5. The number of carbonyl (C=O) groups excluding carboxylic acids is 1. The predicted octanol–water partition coefficient (Wildman–Crippen LogP) is 1.52. The van der Waals surface area contributed by atoms with Crippen molar-refractivity contribution < 1.29 is 9.53 Å². The van der Waals surface area contributed by atoms with E-state index in [4.69, 9.17) is 4.74 Å². The van der Waals surface area contributed by atoms with Gasteiger partial charge in [0.05, 0.1) is 0 Å². The molecule has 0 bridgehead atoms. The molecule has 1 atom stereocenters. The maximum atomic E-state index is 12.2. The quantitative estimate of drug-likeness (QED) is 0.803. The lowest BCUT2D eigenvalue weighted by Crippen LogP contribution is -2.40. The fourth-order valence-corrected chi connectivity index (χ4v) is 2.27. The lowest BCUT2D eigenvalue weighted by molar-refractivity contribution is -0.130. The third-order valence-corrected chi connectivity index (χ3v) is 3.29. The van der Waals surface area contributed by atoms with Gasteiger partial charge in [-0.1, -0.05) is 18.2 Å². The van der Waals surface area contributed by atoms with Crippen LogP contribution in [-0.2, 0) is 16.0 Å². The maximum Gasteiger partial charge on any atom is 0.245 e. The zero-order valence-electron chi connectivity index (χ0n) is 11.0. The Kier molecular flexibility index (Phi) is 4.20. The number of carbonyl (C=O) groups is 1. The van der Waals surface area contributed by atoms with Crippen molar-refractivity contribution >= 4 is 11.6 Å². The Morgan fingerprint density at radius 1 is 1.50 bits per heavy atom. The number of benzene rings is 1. The van der Waals surface area contributed by atoms with Crippen molar-refractivity contribution in [2.45, 2.75) is 18.9 Å². The van der Waals surface area contributed by atoms with E-state index in [2.05, 4.69) is 11.4 Å². The lowest BCUT2D eigenvalue weighted by Gasteiger charge is -2.21. The molecule has 4 heteroatoms. The van der Waals surface area contributed by atoms with E-state index in [0.717, 1.165) is 25.1 Å². The van der Waals surface area contributed by atoms with Gasteiger partial charge in [0.15, 0.2) is 0 Å². The zero-order valence-corrected chi connectivity index (χ0v) is 11.0. The van der Waals surface area contributed by atoms with Crippen molar-refractivity contribution in [3.05, 3.63) is 29.8 Å². The highest BCUT2D eigenvalue weighted by molar-refractivity contribution is 5.87. The Morgan fingerprint density at radius 3 is 3.00 bits per heavy atom. The van der Waals surface area contributed by atoms with Crippen LogP contribution >= 0.6 is 0 Å². The topological polar surface area (TPSA) is 41.6 Å². The Hall–Kier alpha value is -1.55. The van der Waals surface area contributed by atoms with Crippen molar-refractivity contribution in [3.8, 4) is 0 Å². The molecule has 1 N–H and O–H groups in total. The largest absolute Gasteiger partial charge is 0.385 e. The molecule has 1 aliphatic heterocycles. The molecule has 1 amide bonds. The van der Waals surface area contributed by atoms with Crippen molar-refractivity contribution in [2.24, 2.45) is 0 Å². The molecule has 1 aliphatic rings. The van der Waals surface area contributed by atoms with Gasteiger partial charge in [0, 0.05) is 39.4 Å². The monoisotopic (exact) mass is 248 g/mol. The van der Waals surface area contributed by atoms with Crippen LogP contribution in [-0.4, -0.2) is 44.2 Å². The lowest BCUT2D eigenvalue weighted by atomic mass is 10.1. The van der Waals surface area contributed by atoms with Crippen LogP contribution < -0.4 is 5.32 Å². The predicted molar refractivity (Wildman–Crippen MR) is 71.7 cm³/mol. The van der Waals surface area contributed by atoms with Crippen LogP contribution in [0.3, 0.4) is 0 Å². The summed E-state index contributed by atoms with van der Waals surface area (Å²) in [5.41, 5.74) is 2.31. The minimum atomic E-state index is -0.116. The molecule has 0 spiro atoms. The zero-order chi connectivity index (χ0) is 13.0. The first-order valence-corrected chi connectivity index (χ1v) is 6.30. The summed E-state index contributed by atoms with van der Waals surface area (Å²) in [5, 5.41) is 3.28. The molecule has 0 aromatic heterocycles. The summed E-state index contributed by atoms with van der Waals surface area (Å²) >= 11 is 0. The van der Waals surface area contributed by atoms with E-state index in [1.807, 2.05) is 25.2 Å². The van der Waals surface area contributed by atoms with E-state index in [9.17, 15) is 4.79 Å². The van der Waals surface area contributed by atoms with Crippen molar-refractivity contribution in [2.75, 3.05) is 32.6 Å². The first-order chi connectivity index (χ1) is 8.72. The van der Waals surface area contributed by atoms with E-state index in [1.165, 1.54) is 5.56 Å². The first kappa shape index (κ1) is 12.9. The van der Waals surface area contributed by atoms with Gasteiger partial charge < -0.3 is 15.0 Å². The number of hydrogen-bond donors (Lipinski definition) is 1. The molecule has 1 aromatic carbocycles. The molecule has 98 valence electrons. The molecule has 0 saturated heterocycles. The van der Waals surface area contributed by atoms with Gasteiger partial charge in [-0.3, -0.25) is 4.79 Å². The molecule has 1 heterocycles. The van der Waals surface area contributed by atoms with Crippen LogP contribution in [0, 0.1) is 0 Å². The third kappa shape index (κ3) is 2.82. The number of nitrogens with one attached hydrogen (secondary N) is 1. The number of nitrogens with zero attached hydrogens (tertiary/aromatic N) is 1. The highest BCUT2D eigenvalue weighted by Gasteiger charge is 2.28. The number of likely N-dealkylation sites (N-methyl/N-ethyl adjacent to an activating group) is 1. The van der Waals surface area contributed by atoms with Crippen LogP contribution in [0.15, 0.2) is 24.3 Å². The maximum absolute atomic E-state index is 12.2. The average molecular weight is 248 g/mol. The fourth-order valence-electron chi connectivity index (χ4n) is 2.27. The summed E-state index contributed by atoms with van der Waals surface area (Å²) < 4.78 is 4.99. The molecule has 2 rings (SSSR count). The van der Waals surface area contributed by atoms with Crippen LogP contribution in [0.1, 0.15) is 12.0 Å². The molecule has 4 nitrogen and oxygen atoms in total. The van der Waals surface area contributed by atoms with Crippen molar-refractivity contribution in [3.63, 3.8) is 0 Å². The molecule has 0 aliphatic carbocycles. The molecule has 1 unspecified atom stereocenters. The Bertz CT molecular complexity index is 395. The summed E-state index contributed by atoms with van der Waals surface area (Å²) in [6, 6.07) is 7.97. The number of fused-ring (bicyclic) bond motifs is 1. The number of ether oxygens (including phenoxy) is 1. The smallest absolute Gasteiger partial charge is 0.245 e. The van der Waals surface area contributed by atoms with Gasteiger partial charge in [-0.25, -0.2) is 0 Å². The second-order valence-electron chi connectivity index (χ2n) is 4.66. The van der Waals surface area contributed by atoms with Crippen LogP contribution in [0.2, 0.25) is 0 Å². The molecular formula is C14H20N2O2. The van der Waals surface area contributed by atoms with Crippen molar-refractivity contribution in [1.82, 2.24) is 4.90 Å². The number of amides is 1. The molecule has 0 radical (unpaired) electrons. The summed E-state index contributed by atoms with van der Waals surface area (Å²) in [4.78, 5) is 14.0. The van der Waals surface area contributed by atoms with Crippen molar-refractivity contribution in [1.29, 1.82) is 0 Å². The third-order valence-electron chi connectivity index (χ3n) is 3.29. The second-order valence-corrected chi connectivity index (χ2v) is 4.66. The Labute approximate surface area is 108 Å². The molecule has 1 aromatic rings. The van der Waals surface area contributed by atoms with Gasteiger partial charge in [0.2, 0.25) is 5.91 Å². The van der Waals surface area contributed by atoms with Crippen LogP contribution in [0.4, 0.5) is 5.69 Å². The first-order valence-electron chi connectivity index (χ1n) is 6.30. The van der Waals surface area contributed by atoms with Crippen LogP contribution in [0.25, 0.3) is 0 Å². The Balaban J connectivity index is 1.88. The van der Waals surface area contributed by atoms with E-state index in [1.54, 1.807) is 12.0 Å². The highest BCUT2D eigenvalue weighted by Crippen LogP contribution is 2.25. The van der Waals surface area contributed by atoms with Gasteiger partial charge in [0.1, 0.15) is 6.04 Å². The average Bonchev–Trinajstić information content (AvgIpc) is 2.81. The number of rotatable bonds is 5. The summed E-state index contributed by atoms with van der Waals surface area (Å²) in [7, 11) is 3.53. The van der Waals surface area contributed by atoms with Gasteiger partial charge in [-0.2, -0.15) is 0 Å². The SMILES string of the molecule is COCCCN(C)C(=O)C1Cc2ccccc2N1. The standard InChI is InChI=1S/C14H20N2O2/c1-16(8-5-9-18-2)14(17)13-10-11-6-3-4-7-12(11)15-13/h3-4,6-7,13,15H,5,8-10H2,1-2H3. The minimum Gasteiger partial charge on any atom is -0.385 e. The van der Waals surface area contributed by atoms with Gasteiger partial charge in [-0.05, 0) is 18.1 Å². The molecule has 18 heavy (non-hydrogen) atoms. The number of hydrogen-bond acceptors (Lipinski definition) is 3. The van der Waals surface area contributed by atoms with Gasteiger partial charge in [0.25, 0.3) is 0 Å². The number of methoxy groups -OCH3 is 1. The van der Waals surface area contributed by atoms with Gasteiger partial charge in [-0.15, -0.1) is 0 Å². The molecule has 0 fully saturated rings. The summed E-state index contributed by atoms with van der Waals surface area (Å²) in [5.74, 6) is 0.155. The van der Waals surface area contributed by atoms with Crippen LogP contribution in [0.5, 0.6) is 0 Å². The van der Waals surface area contributed by atoms with E-state index in [-0.39, 0.29) is 11.9 Å². The van der Waals surface area contributed by atoms with E-state index in [0.29, 0.717) is 6.61 Å². The number of para-hydroxylation sites is 1. The van der Waals surface area contributed by atoms with Gasteiger partial charge >= 0.3 is 0 Å². The molecule has 0 saturated carbocycles. The summed E-state index contributed by atoms with van der Waals surface area (Å²) in [6.07, 6.45) is 1.65. The number of anilines is 1.